The molecule has 0 amide bonds. The van der Waals surface area contributed by atoms with Crippen LogP contribution in [0.15, 0.2) is 194 Å². The van der Waals surface area contributed by atoms with Crippen LogP contribution in [0.3, 0.4) is 0 Å². The molecule has 9 aromatic rings. The Morgan fingerprint density at radius 1 is 0.321 bits per heavy atom. The van der Waals surface area contributed by atoms with Crippen LogP contribution in [0.25, 0.3) is 78.1 Å². The number of hydrogen-bond acceptors (Lipinski definition) is 2. The molecule has 8 aromatic carbocycles. The van der Waals surface area contributed by atoms with Crippen LogP contribution in [-0.2, 0) is 5.41 Å². The van der Waals surface area contributed by atoms with Crippen LogP contribution in [0.5, 0.6) is 0 Å². The first-order valence-corrected chi connectivity index (χ1v) is 18.3. The van der Waals surface area contributed by atoms with Gasteiger partial charge in [0.1, 0.15) is 0 Å². The first kappa shape index (κ1) is 29.8. The van der Waals surface area contributed by atoms with Crippen LogP contribution in [-0.4, -0.2) is 9.97 Å². The van der Waals surface area contributed by atoms with Crippen molar-refractivity contribution in [2.24, 2.45) is 0 Å². The van der Waals surface area contributed by atoms with Gasteiger partial charge in [-0.15, -0.1) is 0 Å². The fraction of sp³-hybridized carbons (Fsp3) is 0.0196. The molecule has 0 aliphatic heterocycles. The van der Waals surface area contributed by atoms with Crippen molar-refractivity contribution in [2.45, 2.75) is 5.41 Å². The van der Waals surface area contributed by atoms with E-state index in [1.165, 1.54) is 60.8 Å². The van der Waals surface area contributed by atoms with E-state index in [0.29, 0.717) is 5.82 Å². The van der Waals surface area contributed by atoms with Crippen molar-refractivity contribution in [3.63, 3.8) is 0 Å². The van der Waals surface area contributed by atoms with Crippen LogP contribution in [0.1, 0.15) is 22.3 Å². The minimum absolute atomic E-state index is 0.407. The van der Waals surface area contributed by atoms with Gasteiger partial charge in [-0.05, 0) is 72.5 Å². The summed E-state index contributed by atoms with van der Waals surface area (Å²) in [5, 5.41) is 2.36. The van der Waals surface area contributed by atoms with E-state index in [4.69, 9.17) is 9.97 Å². The smallest absolute Gasteiger partial charge is 0.161 e. The number of fused-ring (bicyclic) bond motifs is 11. The Bertz CT molecular complexity index is 2850. The molecule has 1 spiro atoms. The summed E-state index contributed by atoms with van der Waals surface area (Å²) in [6.45, 7) is 0. The third-order valence-corrected chi connectivity index (χ3v) is 11.3. The zero-order valence-corrected chi connectivity index (χ0v) is 28.9. The highest BCUT2D eigenvalue weighted by Crippen LogP contribution is 2.64. The molecule has 1 aromatic heterocycles. The normalized spacial score (nSPS) is 13.1. The Kier molecular flexibility index (Phi) is 6.50. The fourth-order valence-electron chi connectivity index (χ4n) is 9.19. The molecule has 0 bridgehead atoms. The monoisotopic (exact) mass is 672 g/mol. The summed E-state index contributed by atoms with van der Waals surface area (Å²) in [5.41, 5.74) is 17.4. The zero-order chi connectivity index (χ0) is 34.9. The molecule has 2 aliphatic carbocycles. The van der Waals surface area contributed by atoms with Gasteiger partial charge in [0.15, 0.2) is 5.82 Å². The largest absolute Gasteiger partial charge is 0.228 e. The maximum absolute atomic E-state index is 5.39. The average Bonchev–Trinajstić information content (AvgIpc) is 3.71. The summed E-state index contributed by atoms with van der Waals surface area (Å²) in [4.78, 5) is 10.7. The molecule has 2 aliphatic rings. The number of benzene rings is 8. The Hall–Kier alpha value is -6.90. The number of nitrogens with zero attached hydrogens (tertiary/aromatic N) is 2. The van der Waals surface area contributed by atoms with Gasteiger partial charge in [0.25, 0.3) is 0 Å². The molecule has 11 rings (SSSR count). The van der Waals surface area contributed by atoms with E-state index in [0.717, 1.165) is 33.6 Å². The average molecular weight is 673 g/mol. The van der Waals surface area contributed by atoms with E-state index in [1.807, 2.05) is 6.07 Å². The number of hydrogen-bond donors (Lipinski definition) is 0. The second-order valence-corrected chi connectivity index (χ2v) is 14.0. The molecular weight excluding hydrogens is 641 g/mol. The van der Waals surface area contributed by atoms with Crippen LogP contribution >= 0.6 is 0 Å². The van der Waals surface area contributed by atoms with Crippen molar-refractivity contribution < 1.29 is 0 Å². The second-order valence-electron chi connectivity index (χ2n) is 14.0. The predicted molar refractivity (Wildman–Crippen MR) is 218 cm³/mol. The Morgan fingerprint density at radius 2 is 0.811 bits per heavy atom. The van der Waals surface area contributed by atoms with Crippen LogP contribution < -0.4 is 0 Å². The molecule has 246 valence electrons. The molecule has 1 heterocycles. The zero-order valence-electron chi connectivity index (χ0n) is 28.9. The van der Waals surface area contributed by atoms with Crippen molar-refractivity contribution in [3.8, 4) is 67.3 Å². The molecule has 2 heteroatoms. The van der Waals surface area contributed by atoms with Gasteiger partial charge in [-0.2, -0.15) is 0 Å². The first-order valence-electron chi connectivity index (χ1n) is 18.3. The summed E-state index contributed by atoms with van der Waals surface area (Å²) in [6, 6.07) is 70.1. The third-order valence-electron chi connectivity index (χ3n) is 11.3. The van der Waals surface area contributed by atoms with Gasteiger partial charge in [-0.1, -0.05) is 188 Å². The lowest BCUT2D eigenvalue weighted by atomic mass is 9.70. The van der Waals surface area contributed by atoms with Crippen LogP contribution in [0, 0.1) is 0 Å². The van der Waals surface area contributed by atoms with Crippen molar-refractivity contribution in [1.29, 1.82) is 0 Å². The highest BCUT2D eigenvalue weighted by atomic mass is 14.9. The third kappa shape index (κ3) is 4.27. The van der Waals surface area contributed by atoms with Gasteiger partial charge in [0.05, 0.1) is 16.8 Å². The van der Waals surface area contributed by atoms with E-state index in [-0.39, 0.29) is 0 Å². The van der Waals surface area contributed by atoms with Gasteiger partial charge in [0, 0.05) is 16.7 Å². The van der Waals surface area contributed by atoms with Crippen molar-refractivity contribution in [3.05, 3.63) is 216 Å². The maximum atomic E-state index is 5.39. The molecule has 2 nitrogen and oxygen atoms in total. The van der Waals surface area contributed by atoms with Crippen molar-refractivity contribution in [2.75, 3.05) is 0 Å². The quantitative estimate of drug-likeness (QED) is 0.186. The highest BCUT2D eigenvalue weighted by molar-refractivity contribution is 6.02. The second kappa shape index (κ2) is 11.6. The molecule has 0 saturated heterocycles. The number of rotatable bonds is 4. The molecule has 0 saturated carbocycles. The molecule has 0 radical (unpaired) electrons. The van der Waals surface area contributed by atoms with Gasteiger partial charge in [-0.25, -0.2) is 9.97 Å². The topological polar surface area (TPSA) is 25.8 Å². The standard InChI is InChI=1S/C51H32N2/c1-2-17-34(18-3-1)47-32-48(39-26-14-19-33-16-4-5-20-35(33)39)53-50(52-47)41-24-7-6-21-36(41)40-27-15-31-46-49(40)42-25-10-13-30-45(42)51(46)43-28-11-8-22-37(43)38-23-9-12-29-44(38)51/h1-32H. The first-order chi connectivity index (χ1) is 26.3. The lowest BCUT2D eigenvalue weighted by Crippen LogP contribution is -2.25. The summed E-state index contributed by atoms with van der Waals surface area (Å²) in [6.07, 6.45) is 0. The molecule has 0 atom stereocenters. The van der Waals surface area contributed by atoms with Gasteiger partial charge in [-0.3, -0.25) is 0 Å². The Balaban J connectivity index is 1.18. The van der Waals surface area contributed by atoms with Gasteiger partial charge in [0.2, 0.25) is 0 Å². The minimum Gasteiger partial charge on any atom is -0.228 e. The Morgan fingerprint density at radius 3 is 1.57 bits per heavy atom. The molecule has 53 heavy (non-hydrogen) atoms. The van der Waals surface area contributed by atoms with Crippen molar-refractivity contribution >= 4 is 10.8 Å². The minimum atomic E-state index is -0.407. The molecule has 0 fully saturated rings. The van der Waals surface area contributed by atoms with Gasteiger partial charge < -0.3 is 0 Å². The van der Waals surface area contributed by atoms with Crippen molar-refractivity contribution in [1.82, 2.24) is 9.97 Å². The summed E-state index contributed by atoms with van der Waals surface area (Å²) in [7, 11) is 0. The summed E-state index contributed by atoms with van der Waals surface area (Å²) in [5.74, 6) is 0.708. The molecular formula is C51H32N2. The van der Waals surface area contributed by atoms with E-state index in [2.05, 4.69) is 188 Å². The number of aromatic nitrogens is 2. The molecule has 0 N–H and O–H groups in total. The summed E-state index contributed by atoms with van der Waals surface area (Å²) >= 11 is 0. The molecule has 0 unspecified atom stereocenters. The van der Waals surface area contributed by atoms with E-state index in [1.54, 1.807) is 0 Å². The highest BCUT2D eigenvalue weighted by Gasteiger charge is 2.52. The van der Waals surface area contributed by atoms with Gasteiger partial charge >= 0.3 is 0 Å². The fourth-order valence-corrected chi connectivity index (χ4v) is 9.19. The Labute approximate surface area is 308 Å². The van der Waals surface area contributed by atoms with Crippen LogP contribution in [0.4, 0.5) is 0 Å². The van der Waals surface area contributed by atoms with E-state index >= 15 is 0 Å². The lowest BCUT2D eigenvalue weighted by molar-refractivity contribution is 0.794. The summed E-state index contributed by atoms with van der Waals surface area (Å²) < 4.78 is 0. The van der Waals surface area contributed by atoms with E-state index in [9.17, 15) is 0 Å². The van der Waals surface area contributed by atoms with E-state index < -0.39 is 5.41 Å². The predicted octanol–water partition coefficient (Wildman–Crippen LogP) is 12.6. The maximum Gasteiger partial charge on any atom is 0.161 e. The van der Waals surface area contributed by atoms with Crippen LogP contribution in [0.2, 0.25) is 0 Å². The SMILES string of the molecule is c1ccc(-c2cc(-c3cccc4ccccc34)nc(-c3ccccc3-c3cccc4c3-c3ccccc3C43c4ccccc4-c4ccccc43)n2)cc1. The lowest BCUT2D eigenvalue weighted by Gasteiger charge is -2.30.